The van der Waals surface area contributed by atoms with Gasteiger partial charge < -0.3 is 15.8 Å². The second-order valence-electron chi connectivity index (χ2n) is 5.30. The predicted molar refractivity (Wildman–Crippen MR) is 75.9 cm³/mol. The first kappa shape index (κ1) is 17.7. The Balaban J connectivity index is 0.00000289. The first-order valence-electron chi connectivity index (χ1n) is 6.71. The van der Waals surface area contributed by atoms with Gasteiger partial charge in [-0.15, -0.1) is 12.4 Å². The Morgan fingerprint density at radius 2 is 2.17 bits per heavy atom. The molecule has 0 aromatic heterocycles. The maximum absolute atomic E-state index is 11.7. The molecule has 1 aliphatic rings. The number of carbonyl (C=O) groups excluding carboxylic acids is 1. The SMILES string of the molecule is CCCC(C)(N)C(=O)NCCCOCC1CC1.Cl. The summed E-state index contributed by atoms with van der Waals surface area (Å²) in [4.78, 5) is 11.7. The Hall–Kier alpha value is -0.320. The number of rotatable bonds is 9. The average molecular weight is 279 g/mol. The van der Waals surface area contributed by atoms with Crippen molar-refractivity contribution >= 4 is 18.3 Å². The molecule has 1 rings (SSSR count). The Labute approximate surface area is 116 Å². The summed E-state index contributed by atoms with van der Waals surface area (Å²) >= 11 is 0. The van der Waals surface area contributed by atoms with Gasteiger partial charge in [0.1, 0.15) is 0 Å². The molecule has 5 heteroatoms. The van der Waals surface area contributed by atoms with Crippen LogP contribution < -0.4 is 11.1 Å². The molecule has 18 heavy (non-hydrogen) atoms. The highest BCUT2D eigenvalue weighted by Crippen LogP contribution is 2.28. The molecule has 1 amide bonds. The van der Waals surface area contributed by atoms with Crippen LogP contribution in [0.15, 0.2) is 0 Å². The van der Waals surface area contributed by atoms with Gasteiger partial charge in [-0.25, -0.2) is 0 Å². The summed E-state index contributed by atoms with van der Waals surface area (Å²) in [5, 5.41) is 2.87. The molecule has 0 saturated heterocycles. The first-order valence-corrected chi connectivity index (χ1v) is 6.71. The fourth-order valence-electron chi connectivity index (χ4n) is 1.75. The second kappa shape index (κ2) is 8.73. The van der Waals surface area contributed by atoms with E-state index in [1.165, 1.54) is 12.8 Å². The molecule has 1 saturated carbocycles. The van der Waals surface area contributed by atoms with Gasteiger partial charge in [-0.2, -0.15) is 0 Å². The monoisotopic (exact) mass is 278 g/mol. The number of nitrogens with one attached hydrogen (secondary N) is 1. The highest BCUT2D eigenvalue weighted by atomic mass is 35.5. The molecule has 1 unspecified atom stereocenters. The third kappa shape index (κ3) is 7.19. The van der Waals surface area contributed by atoms with E-state index in [9.17, 15) is 4.79 Å². The van der Waals surface area contributed by atoms with Gasteiger partial charge in [0.25, 0.3) is 0 Å². The molecule has 0 aromatic carbocycles. The topological polar surface area (TPSA) is 64.4 Å². The number of hydrogen-bond acceptors (Lipinski definition) is 3. The van der Waals surface area contributed by atoms with E-state index in [-0.39, 0.29) is 18.3 Å². The third-order valence-electron chi connectivity index (χ3n) is 3.09. The van der Waals surface area contributed by atoms with Gasteiger partial charge in [-0.05, 0) is 38.5 Å². The number of halogens is 1. The maximum atomic E-state index is 11.7. The van der Waals surface area contributed by atoms with E-state index < -0.39 is 5.54 Å². The van der Waals surface area contributed by atoms with Gasteiger partial charge in [-0.3, -0.25) is 4.79 Å². The number of nitrogens with two attached hydrogens (primary N) is 1. The Morgan fingerprint density at radius 3 is 2.72 bits per heavy atom. The summed E-state index contributed by atoms with van der Waals surface area (Å²) in [5.74, 6) is 0.753. The lowest BCUT2D eigenvalue weighted by Crippen LogP contribution is -2.51. The normalized spacial score (nSPS) is 17.7. The zero-order valence-corrected chi connectivity index (χ0v) is 12.4. The fourth-order valence-corrected chi connectivity index (χ4v) is 1.75. The highest BCUT2D eigenvalue weighted by Gasteiger charge is 2.26. The van der Waals surface area contributed by atoms with E-state index in [0.717, 1.165) is 38.4 Å². The molecule has 1 fully saturated rings. The van der Waals surface area contributed by atoms with Crippen LogP contribution >= 0.6 is 12.4 Å². The molecular formula is C13H27ClN2O2. The number of amides is 1. The minimum absolute atomic E-state index is 0. The molecule has 0 bridgehead atoms. The van der Waals surface area contributed by atoms with Crippen molar-refractivity contribution in [1.82, 2.24) is 5.32 Å². The van der Waals surface area contributed by atoms with Crippen LogP contribution in [0.3, 0.4) is 0 Å². The summed E-state index contributed by atoms with van der Waals surface area (Å²) in [6.45, 7) is 6.09. The van der Waals surface area contributed by atoms with Crippen LogP contribution in [0.2, 0.25) is 0 Å². The third-order valence-corrected chi connectivity index (χ3v) is 3.09. The van der Waals surface area contributed by atoms with Crippen molar-refractivity contribution in [3.8, 4) is 0 Å². The van der Waals surface area contributed by atoms with Crippen LogP contribution in [0.5, 0.6) is 0 Å². The average Bonchev–Trinajstić information content (AvgIpc) is 3.06. The van der Waals surface area contributed by atoms with Crippen molar-refractivity contribution in [2.45, 2.75) is 51.5 Å². The number of carbonyl (C=O) groups is 1. The molecule has 3 N–H and O–H groups in total. The predicted octanol–water partition coefficient (Wildman–Crippen LogP) is 1.86. The highest BCUT2D eigenvalue weighted by molar-refractivity contribution is 5.85. The lowest BCUT2D eigenvalue weighted by Gasteiger charge is -2.22. The molecule has 0 aliphatic heterocycles. The fraction of sp³-hybridized carbons (Fsp3) is 0.923. The quantitative estimate of drug-likeness (QED) is 0.633. The molecule has 0 heterocycles. The van der Waals surface area contributed by atoms with Crippen LogP contribution in [-0.4, -0.2) is 31.2 Å². The van der Waals surface area contributed by atoms with Gasteiger partial charge in [0.15, 0.2) is 0 Å². The van der Waals surface area contributed by atoms with E-state index in [1.807, 2.05) is 6.92 Å². The smallest absolute Gasteiger partial charge is 0.239 e. The molecule has 1 aliphatic carbocycles. The van der Waals surface area contributed by atoms with Gasteiger partial charge >= 0.3 is 0 Å². The lowest BCUT2D eigenvalue weighted by atomic mass is 9.96. The molecule has 0 spiro atoms. The van der Waals surface area contributed by atoms with E-state index in [0.29, 0.717) is 6.54 Å². The molecular weight excluding hydrogens is 252 g/mol. The summed E-state index contributed by atoms with van der Waals surface area (Å²) in [6.07, 6.45) is 5.14. The van der Waals surface area contributed by atoms with Crippen molar-refractivity contribution in [3.63, 3.8) is 0 Å². The second-order valence-corrected chi connectivity index (χ2v) is 5.30. The van der Waals surface area contributed by atoms with Crippen molar-refractivity contribution < 1.29 is 9.53 Å². The van der Waals surface area contributed by atoms with Gasteiger partial charge in [0, 0.05) is 19.8 Å². The van der Waals surface area contributed by atoms with E-state index in [1.54, 1.807) is 6.92 Å². The van der Waals surface area contributed by atoms with Crippen molar-refractivity contribution in [1.29, 1.82) is 0 Å². The zero-order chi connectivity index (χ0) is 12.7. The van der Waals surface area contributed by atoms with Crippen LogP contribution in [0.1, 0.15) is 46.0 Å². The molecule has 1 atom stereocenters. The van der Waals surface area contributed by atoms with Crippen LogP contribution in [0.25, 0.3) is 0 Å². The van der Waals surface area contributed by atoms with Crippen LogP contribution in [0, 0.1) is 5.92 Å². The Kier molecular flexibility index (Phi) is 8.57. The first-order chi connectivity index (χ1) is 8.06. The number of ether oxygens (including phenoxy) is 1. The zero-order valence-electron chi connectivity index (χ0n) is 11.5. The summed E-state index contributed by atoms with van der Waals surface area (Å²) in [6, 6.07) is 0. The Bertz CT molecular complexity index is 243. The number of hydrogen-bond donors (Lipinski definition) is 2. The minimum Gasteiger partial charge on any atom is -0.381 e. The standard InChI is InChI=1S/C13H26N2O2.ClH/c1-3-7-13(2,14)12(16)15-8-4-9-17-10-11-5-6-11;/h11H,3-10,14H2,1-2H3,(H,15,16);1H. The van der Waals surface area contributed by atoms with E-state index >= 15 is 0 Å². The summed E-state index contributed by atoms with van der Waals surface area (Å²) in [7, 11) is 0. The largest absolute Gasteiger partial charge is 0.381 e. The van der Waals surface area contributed by atoms with Gasteiger partial charge in [0.2, 0.25) is 5.91 Å². The van der Waals surface area contributed by atoms with Crippen LogP contribution in [0.4, 0.5) is 0 Å². The van der Waals surface area contributed by atoms with Crippen molar-refractivity contribution in [3.05, 3.63) is 0 Å². The molecule has 0 radical (unpaired) electrons. The summed E-state index contributed by atoms with van der Waals surface area (Å²) < 4.78 is 5.49. The molecule has 108 valence electrons. The van der Waals surface area contributed by atoms with Gasteiger partial charge in [-0.1, -0.05) is 13.3 Å². The maximum Gasteiger partial charge on any atom is 0.239 e. The van der Waals surface area contributed by atoms with Crippen molar-refractivity contribution in [2.75, 3.05) is 19.8 Å². The summed E-state index contributed by atoms with van der Waals surface area (Å²) in [5.41, 5.74) is 5.18. The van der Waals surface area contributed by atoms with Crippen molar-refractivity contribution in [2.24, 2.45) is 11.7 Å². The van der Waals surface area contributed by atoms with E-state index in [2.05, 4.69) is 5.32 Å². The minimum atomic E-state index is -0.733. The Morgan fingerprint density at radius 1 is 1.50 bits per heavy atom. The van der Waals surface area contributed by atoms with Crippen LogP contribution in [-0.2, 0) is 9.53 Å². The molecule has 0 aromatic rings. The lowest BCUT2D eigenvalue weighted by molar-refractivity contribution is -0.126. The van der Waals surface area contributed by atoms with E-state index in [4.69, 9.17) is 10.5 Å². The van der Waals surface area contributed by atoms with Gasteiger partial charge in [0.05, 0.1) is 5.54 Å². The molecule has 4 nitrogen and oxygen atoms in total.